The second kappa shape index (κ2) is 8.31. The first-order chi connectivity index (χ1) is 11.5. The van der Waals surface area contributed by atoms with Gasteiger partial charge in [-0.15, -0.1) is 0 Å². The van der Waals surface area contributed by atoms with E-state index in [1.54, 1.807) is 13.0 Å². The van der Waals surface area contributed by atoms with Gasteiger partial charge in [0.2, 0.25) is 0 Å². The van der Waals surface area contributed by atoms with E-state index in [9.17, 15) is 14.3 Å². The summed E-state index contributed by atoms with van der Waals surface area (Å²) in [6.45, 7) is 1.53. The molecule has 0 saturated heterocycles. The van der Waals surface area contributed by atoms with Gasteiger partial charge < -0.3 is 20.5 Å². The maximum absolute atomic E-state index is 13.7. The minimum absolute atomic E-state index is 0.153. The average Bonchev–Trinajstić information content (AvgIpc) is 2.60. The molecule has 0 aliphatic rings. The SMILES string of the molecule is COc1ccc(C(C)NC(=O)NC(CO)c2ccccc2)cc1F. The van der Waals surface area contributed by atoms with Crippen molar-refractivity contribution < 1.29 is 19.0 Å². The van der Waals surface area contributed by atoms with E-state index < -0.39 is 23.9 Å². The van der Waals surface area contributed by atoms with Gasteiger partial charge in [-0.2, -0.15) is 0 Å². The highest BCUT2D eigenvalue weighted by Crippen LogP contribution is 2.21. The summed E-state index contributed by atoms with van der Waals surface area (Å²) in [5, 5.41) is 14.9. The number of methoxy groups -OCH3 is 1. The molecule has 0 bridgehead atoms. The molecule has 0 aromatic heterocycles. The Labute approximate surface area is 140 Å². The zero-order chi connectivity index (χ0) is 17.5. The summed E-state index contributed by atoms with van der Waals surface area (Å²) in [7, 11) is 1.39. The summed E-state index contributed by atoms with van der Waals surface area (Å²) >= 11 is 0. The molecule has 0 radical (unpaired) electrons. The molecular weight excluding hydrogens is 311 g/mol. The fraction of sp³-hybridized carbons (Fsp3) is 0.278. The van der Waals surface area contributed by atoms with Gasteiger partial charge in [-0.25, -0.2) is 9.18 Å². The third-order valence-corrected chi connectivity index (χ3v) is 3.71. The molecule has 0 saturated carbocycles. The van der Waals surface area contributed by atoms with Gasteiger partial charge in [-0.1, -0.05) is 36.4 Å². The summed E-state index contributed by atoms with van der Waals surface area (Å²) in [4.78, 5) is 12.1. The Morgan fingerprint density at radius 1 is 1.17 bits per heavy atom. The van der Waals surface area contributed by atoms with Gasteiger partial charge in [0.1, 0.15) is 0 Å². The Hall–Kier alpha value is -2.60. The van der Waals surface area contributed by atoms with Crippen LogP contribution in [0.3, 0.4) is 0 Å². The first kappa shape index (κ1) is 17.7. The van der Waals surface area contributed by atoms with Crippen molar-refractivity contribution in [3.63, 3.8) is 0 Å². The van der Waals surface area contributed by atoms with Crippen LogP contribution in [0.25, 0.3) is 0 Å². The molecule has 3 N–H and O–H groups in total. The molecular formula is C18H21FN2O3. The van der Waals surface area contributed by atoms with E-state index in [-0.39, 0.29) is 12.4 Å². The Bertz CT molecular complexity index is 679. The molecule has 128 valence electrons. The number of urea groups is 1. The van der Waals surface area contributed by atoms with E-state index >= 15 is 0 Å². The minimum atomic E-state index is -0.508. The quantitative estimate of drug-likeness (QED) is 0.762. The highest BCUT2D eigenvalue weighted by Gasteiger charge is 2.16. The molecule has 5 nitrogen and oxygen atoms in total. The number of rotatable bonds is 6. The molecule has 2 rings (SSSR count). The Kier molecular flexibility index (Phi) is 6.14. The van der Waals surface area contributed by atoms with Gasteiger partial charge in [0.15, 0.2) is 11.6 Å². The molecule has 2 unspecified atom stereocenters. The van der Waals surface area contributed by atoms with Crippen LogP contribution in [0, 0.1) is 5.82 Å². The molecule has 2 aromatic rings. The minimum Gasteiger partial charge on any atom is -0.494 e. The molecule has 0 fully saturated rings. The van der Waals surface area contributed by atoms with Crippen LogP contribution in [-0.4, -0.2) is 24.9 Å². The number of ether oxygens (including phenoxy) is 1. The molecule has 0 aliphatic carbocycles. The summed E-state index contributed by atoms with van der Waals surface area (Å²) in [6.07, 6.45) is 0. The van der Waals surface area contributed by atoms with Gasteiger partial charge in [0, 0.05) is 0 Å². The topological polar surface area (TPSA) is 70.6 Å². The lowest BCUT2D eigenvalue weighted by atomic mass is 10.1. The molecule has 24 heavy (non-hydrogen) atoms. The van der Waals surface area contributed by atoms with Crippen molar-refractivity contribution in [2.75, 3.05) is 13.7 Å². The highest BCUT2D eigenvalue weighted by atomic mass is 19.1. The molecule has 0 spiro atoms. The average molecular weight is 332 g/mol. The van der Waals surface area contributed by atoms with Crippen molar-refractivity contribution in [3.05, 3.63) is 65.5 Å². The normalized spacial score (nSPS) is 13.0. The van der Waals surface area contributed by atoms with E-state index in [1.165, 1.54) is 19.2 Å². The maximum Gasteiger partial charge on any atom is 0.315 e. The van der Waals surface area contributed by atoms with Gasteiger partial charge in [0.25, 0.3) is 0 Å². The van der Waals surface area contributed by atoms with Crippen LogP contribution < -0.4 is 15.4 Å². The van der Waals surface area contributed by atoms with Crippen molar-refractivity contribution >= 4 is 6.03 Å². The van der Waals surface area contributed by atoms with E-state index in [4.69, 9.17) is 4.74 Å². The molecule has 6 heteroatoms. The standard InChI is InChI=1S/C18H21FN2O3/c1-12(14-8-9-17(24-2)15(19)10-14)20-18(23)21-16(11-22)13-6-4-3-5-7-13/h3-10,12,16,22H,11H2,1-2H3,(H2,20,21,23). The predicted octanol–water partition coefficient (Wildman–Crippen LogP) is 2.93. The second-order valence-electron chi connectivity index (χ2n) is 5.38. The van der Waals surface area contributed by atoms with Crippen LogP contribution in [0.4, 0.5) is 9.18 Å². The smallest absolute Gasteiger partial charge is 0.315 e. The number of nitrogens with one attached hydrogen (secondary N) is 2. The van der Waals surface area contributed by atoms with Gasteiger partial charge in [-0.3, -0.25) is 0 Å². The molecule has 0 heterocycles. The lowest BCUT2D eigenvalue weighted by Crippen LogP contribution is -2.40. The number of benzene rings is 2. The Balaban J connectivity index is 1.99. The van der Waals surface area contributed by atoms with Crippen molar-refractivity contribution in [3.8, 4) is 5.75 Å². The van der Waals surface area contributed by atoms with Crippen LogP contribution >= 0.6 is 0 Å². The highest BCUT2D eigenvalue weighted by molar-refractivity contribution is 5.75. The Morgan fingerprint density at radius 3 is 2.46 bits per heavy atom. The number of hydrogen-bond donors (Lipinski definition) is 3. The zero-order valence-electron chi connectivity index (χ0n) is 13.6. The monoisotopic (exact) mass is 332 g/mol. The summed E-state index contributed by atoms with van der Waals surface area (Å²) < 4.78 is 18.6. The van der Waals surface area contributed by atoms with Crippen LogP contribution in [0.5, 0.6) is 5.75 Å². The van der Waals surface area contributed by atoms with Crippen LogP contribution in [0.15, 0.2) is 48.5 Å². The second-order valence-corrected chi connectivity index (χ2v) is 5.38. The van der Waals surface area contributed by atoms with Crippen molar-refractivity contribution in [1.29, 1.82) is 0 Å². The number of aliphatic hydroxyl groups is 1. The molecule has 0 aliphatic heterocycles. The van der Waals surface area contributed by atoms with E-state index in [2.05, 4.69) is 10.6 Å². The third kappa shape index (κ3) is 4.45. The molecule has 2 aromatic carbocycles. The zero-order valence-corrected chi connectivity index (χ0v) is 13.6. The van der Waals surface area contributed by atoms with Crippen LogP contribution in [-0.2, 0) is 0 Å². The summed E-state index contributed by atoms with van der Waals surface area (Å²) in [5.74, 6) is -0.332. The maximum atomic E-state index is 13.7. The number of halogens is 1. The number of aliphatic hydroxyl groups excluding tert-OH is 1. The van der Waals surface area contributed by atoms with E-state index in [1.807, 2.05) is 30.3 Å². The fourth-order valence-corrected chi connectivity index (χ4v) is 2.35. The first-order valence-electron chi connectivity index (χ1n) is 7.61. The van der Waals surface area contributed by atoms with Gasteiger partial charge in [0.05, 0.1) is 25.8 Å². The van der Waals surface area contributed by atoms with Gasteiger partial charge >= 0.3 is 6.03 Å². The number of carbonyl (C=O) groups is 1. The predicted molar refractivity (Wildman–Crippen MR) is 89.3 cm³/mol. The molecule has 2 amide bonds. The molecule has 2 atom stereocenters. The van der Waals surface area contributed by atoms with Crippen molar-refractivity contribution in [2.45, 2.75) is 19.0 Å². The number of hydrogen-bond acceptors (Lipinski definition) is 3. The van der Waals surface area contributed by atoms with Gasteiger partial charge in [-0.05, 0) is 30.2 Å². The van der Waals surface area contributed by atoms with Crippen molar-refractivity contribution in [1.82, 2.24) is 10.6 Å². The lowest BCUT2D eigenvalue weighted by molar-refractivity contribution is 0.214. The first-order valence-corrected chi connectivity index (χ1v) is 7.61. The fourth-order valence-electron chi connectivity index (χ4n) is 2.35. The summed E-state index contributed by atoms with van der Waals surface area (Å²) in [5.41, 5.74) is 1.42. The van der Waals surface area contributed by atoms with E-state index in [0.717, 1.165) is 5.56 Å². The largest absolute Gasteiger partial charge is 0.494 e. The third-order valence-electron chi connectivity index (χ3n) is 3.71. The van der Waals surface area contributed by atoms with E-state index in [0.29, 0.717) is 5.56 Å². The lowest BCUT2D eigenvalue weighted by Gasteiger charge is -2.20. The Morgan fingerprint density at radius 2 is 1.88 bits per heavy atom. The number of carbonyl (C=O) groups excluding carboxylic acids is 1. The van der Waals surface area contributed by atoms with Crippen molar-refractivity contribution in [2.24, 2.45) is 0 Å². The number of amides is 2. The summed E-state index contributed by atoms with van der Waals surface area (Å²) in [6, 6.07) is 12.3. The van der Waals surface area contributed by atoms with Crippen LogP contribution in [0.1, 0.15) is 30.1 Å². The van der Waals surface area contributed by atoms with Crippen LogP contribution in [0.2, 0.25) is 0 Å².